The van der Waals surface area contributed by atoms with Crippen molar-refractivity contribution in [1.29, 1.82) is 0 Å². The molecule has 0 fully saturated rings. The van der Waals surface area contributed by atoms with E-state index < -0.39 is 0 Å². The first-order valence-electron chi connectivity index (χ1n) is 9.58. The Morgan fingerprint density at radius 1 is 0.815 bits per heavy atom. The van der Waals surface area contributed by atoms with Gasteiger partial charge in [0.1, 0.15) is 0 Å². The highest BCUT2D eigenvalue weighted by Crippen LogP contribution is 2.24. The van der Waals surface area contributed by atoms with Crippen molar-refractivity contribution in [2.75, 3.05) is 6.61 Å². The molecule has 27 heavy (non-hydrogen) atoms. The van der Waals surface area contributed by atoms with Crippen LogP contribution in [0.25, 0.3) is 0 Å². The molecule has 0 bridgehead atoms. The van der Waals surface area contributed by atoms with Gasteiger partial charge in [0.05, 0.1) is 12.2 Å². The van der Waals surface area contributed by atoms with Gasteiger partial charge in [-0.25, -0.2) is 4.79 Å². The fourth-order valence-corrected chi connectivity index (χ4v) is 3.31. The van der Waals surface area contributed by atoms with Crippen molar-refractivity contribution >= 4 is 5.97 Å². The average molecular weight is 358 g/mol. The van der Waals surface area contributed by atoms with Crippen LogP contribution < -0.4 is 0 Å². The Balaban J connectivity index is 1.55. The fourth-order valence-electron chi connectivity index (χ4n) is 3.31. The third-order valence-electron chi connectivity index (χ3n) is 4.91. The maximum absolute atomic E-state index is 12.1. The Hall–Kier alpha value is -2.87. The summed E-state index contributed by atoms with van der Waals surface area (Å²) >= 11 is 0. The van der Waals surface area contributed by atoms with E-state index in [1.54, 1.807) is 12.1 Å². The standard InChI is InChI=1S/C25H26O2/c1-20(18-19-27-25(26)23-13-6-3-7-14-23)24-15-9-8-12-22(24)17-16-21-10-4-2-5-11-21/h2-15,20H,16-19H2,1H3. The number of carbonyl (C=O) groups excluding carboxylic acids is 1. The number of rotatable bonds is 8. The van der Waals surface area contributed by atoms with Crippen molar-refractivity contribution in [3.63, 3.8) is 0 Å². The van der Waals surface area contributed by atoms with Crippen LogP contribution >= 0.6 is 0 Å². The smallest absolute Gasteiger partial charge is 0.338 e. The van der Waals surface area contributed by atoms with Crippen molar-refractivity contribution in [3.8, 4) is 0 Å². The third-order valence-corrected chi connectivity index (χ3v) is 4.91. The molecule has 0 aliphatic rings. The highest BCUT2D eigenvalue weighted by atomic mass is 16.5. The highest BCUT2D eigenvalue weighted by Gasteiger charge is 2.12. The van der Waals surface area contributed by atoms with E-state index in [9.17, 15) is 4.79 Å². The molecule has 1 atom stereocenters. The zero-order valence-corrected chi connectivity index (χ0v) is 15.8. The van der Waals surface area contributed by atoms with Crippen molar-refractivity contribution in [3.05, 3.63) is 107 Å². The van der Waals surface area contributed by atoms with E-state index in [4.69, 9.17) is 4.74 Å². The lowest BCUT2D eigenvalue weighted by atomic mass is 9.90. The predicted molar refractivity (Wildman–Crippen MR) is 110 cm³/mol. The molecule has 0 radical (unpaired) electrons. The summed E-state index contributed by atoms with van der Waals surface area (Å²) in [5.74, 6) is 0.0979. The SMILES string of the molecule is CC(CCOC(=O)c1ccccc1)c1ccccc1CCc1ccccc1. The Morgan fingerprint density at radius 3 is 2.19 bits per heavy atom. The molecule has 3 aromatic carbocycles. The van der Waals surface area contributed by atoms with Gasteiger partial charge in [-0.2, -0.15) is 0 Å². The first-order valence-corrected chi connectivity index (χ1v) is 9.58. The van der Waals surface area contributed by atoms with Crippen molar-refractivity contribution in [2.45, 2.75) is 32.1 Å². The molecule has 1 unspecified atom stereocenters. The molecule has 2 nitrogen and oxygen atoms in total. The van der Waals surface area contributed by atoms with Crippen molar-refractivity contribution < 1.29 is 9.53 Å². The van der Waals surface area contributed by atoms with Crippen LogP contribution in [0.3, 0.4) is 0 Å². The predicted octanol–water partition coefficient (Wildman–Crippen LogP) is 5.82. The van der Waals surface area contributed by atoms with E-state index in [0.29, 0.717) is 18.1 Å². The summed E-state index contributed by atoms with van der Waals surface area (Å²) in [4.78, 5) is 12.1. The minimum absolute atomic E-state index is 0.250. The van der Waals surface area contributed by atoms with Crippen LogP contribution in [0.15, 0.2) is 84.9 Å². The number of carbonyl (C=O) groups is 1. The number of hydrogen-bond donors (Lipinski definition) is 0. The molecule has 0 N–H and O–H groups in total. The van der Waals surface area contributed by atoms with Crippen molar-refractivity contribution in [2.24, 2.45) is 0 Å². The number of aryl methyl sites for hydroxylation is 2. The summed E-state index contributed by atoms with van der Waals surface area (Å²) in [5, 5.41) is 0. The minimum atomic E-state index is -0.250. The number of benzene rings is 3. The van der Waals surface area contributed by atoms with Gasteiger partial charge in [-0.05, 0) is 54.0 Å². The summed E-state index contributed by atoms with van der Waals surface area (Å²) < 4.78 is 5.45. The van der Waals surface area contributed by atoms with E-state index >= 15 is 0 Å². The molecule has 0 heterocycles. The first kappa shape index (κ1) is 18.9. The van der Waals surface area contributed by atoms with Crippen LogP contribution in [0.5, 0.6) is 0 Å². The molecule has 3 aromatic rings. The molecule has 0 amide bonds. The molecule has 0 aliphatic carbocycles. The summed E-state index contributed by atoms with van der Waals surface area (Å²) in [7, 11) is 0. The highest BCUT2D eigenvalue weighted by molar-refractivity contribution is 5.89. The van der Waals surface area contributed by atoms with Gasteiger partial charge in [0.25, 0.3) is 0 Å². The summed E-state index contributed by atoms with van der Waals surface area (Å²) in [6, 6.07) is 28.3. The topological polar surface area (TPSA) is 26.3 Å². The molecule has 0 spiro atoms. The van der Waals surface area contributed by atoms with Crippen LogP contribution in [0.4, 0.5) is 0 Å². The normalized spacial score (nSPS) is 11.7. The van der Waals surface area contributed by atoms with Crippen LogP contribution in [0, 0.1) is 0 Å². The largest absolute Gasteiger partial charge is 0.462 e. The van der Waals surface area contributed by atoms with E-state index in [1.165, 1.54) is 16.7 Å². The molecule has 138 valence electrons. The second-order valence-corrected chi connectivity index (χ2v) is 6.88. The van der Waals surface area contributed by atoms with Gasteiger partial charge < -0.3 is 4.74 Å². The van der Waals surface area contributed by atoms with E-state index in [2.05, 4.69) is 61.5 Å². The van der Waals surface area contributed by atoms with Gasteiger partial charge in [0, 0.05) is 0 Å². The number of ether oxygens (including phenoxy) is 1. The lowest BCUT2D eigenvalue weighted by Crippen LogP contribution is -2.09. The lowest BCUT2D eigenvalue weighted by molar-refractivity contribution is 0.0494. The number of esters is 1. The van der Waals surface area contributed by atoms with Gasteiger partial charge in [-0.1, -0.05) is 79.7 Å². The van der Waals surface area contributed by atoms with Crippen LogP contribution in [-0.2, 0) is 17.6 Å². The molecule has 0 saturated heterocycles. The second-order valence-electron chi connectivity index (χ2n) is 6.88. The van der Waals surface area contributed by atoms with Gasteiger partial charge in [-0.15, -0.1) is 0 Å². The summed E-state index contributed by atoms with van der Waals surface area (Å²) in [6.45, 7) is 2.64. The lowest BCUT2D eigenvalue weighted by Gasteiger charge is -2.17. The van der Waals surface area contributed by atoms with Crippen LogP contribution in [0.1, 0.15) is 46.3 Å². The Kier molecular flexibility index (Phi) is 6.81. The molecular weight excluding hydrogens is 332 g/mol. The van der Waals surface area contributed by atoms with Crippen molar-refractivity contribution in [1.82, 2.24) is 0 Å². The van der Waals surface area contributed by atoms with Gasteiger partial charge >= 0.3 is 5.97 Å². The fraction of sp³-hybridized carbons (Fsp3) is 0.240. The first-order chi connectivity index (χ1) is 13.2. The molecule has 2 heteroatoms. The summed E-state index contributed by atoms with van der Waals surface area (Å²) in [6.07, 6.45) is 2.88. The van der Waals surface area contributed by atoms with Crippen LogP contribution in [-0.4, -0.2) is 12.6 Å². The maximum Gasteiger partial charge on any atom is 0.338 e. The maximum atomic E-state index is 12.1. The van der Waals surface area contributed by atoms with E-state index in [-0.39, 0.29) is 5.97 Å². The Bertz CT molecular complexity index is 840. The third kappa shape index (κ3) is 5.55. The van der Waals surface area contributed by atoms with Gasteiger partial charge in [0.15, 0.2) is 0 Å². The zero-order valence-electron chi connectivity index (χ0n) is 15.8. The molecular formula is C25H26O2. The minimum Gasteiger partial charge on any atom is -0.462 e. The Morgan fingerprint density at radius 2 is 1.44 bits per heavy atom. The molecule has 3 rings (SSSR count). The van der Waals surface area contributed by atoms with Crippen LogP contribution in [0.2, 0.25) is 0 Å². The van der Waals surface area contributed by atoms with E-state index in [1.807, 2.05) is 18.2 Å². The van der Waals surface area contributed by atoms with E-state index in [0.717, 1.165) is 19.3 Å². The molecule has 0 aromatic heterocycles. The quantitative estimate of drug-likeness (QED) is 0.474. The van der Waals surface area contributed by atoms with Gasteiger partial charge in [0.2, 0.25) is 0 Å². The number of hydrogen-bond acceptors (Lipinski definition) is 2. The second kappa shape index (κ2) is 9.72. The monoisotopic (exact) mass is 358 g/mol. The zero-order chi connectivity index (χ0) is 18.9. The summed E-state index contributed by atoms with van der Waals surface area (Å²) in [5.41, 5.74) is 4.69. The molecule has 0 aliphatic heterocycles. The molecule has 0 saturated carbocycles. The average Bonchev–Trinajstić information content (AvgIpc) is 2.73. The Labute approximate surface area is 161 Å². The van der Waals surface area contributed by atoms with Gasteiger partial charge in [-0.3, -0.25) is 0 Å².